The molecule has 3 rings (SSSR count). The molecule has 1 aliphatic rings. The third kappa shape index (κ3) is 2.40. The highest BCUT2D eigenvalue weighted by molar-refractivity contribution is 6.32. The second-order valence-corrected chi connectivity index (χ2v) is 5.64. The van der Waals surface area contributed by atoms with Gasteiger partial charge in [-0.2, -0.15) is 0 Å². The number of fused-ring (bicyclic) bond motifs is 1. The average molecular weight is 280 g/mol. The number of hydrogen-bond donors (Lipinski definition) is 1. The molecule has 0 unspecified atom stereocenters. The lowest BCUT2D eigenvalue weighted by molar-refractivity contribution is 0.260. The van der Waals surface area contributed by atoms with E-state index in [1.165, 1.54) is 13.0 Å². The summed E-state index contributed by atoms with van der Waals surface area (Å²) < 4.78 is 1.99. The minimum atomic E-state index is 0.417. The van der Waals surface area contributed by atoms with Gasteiger partial charge in [0.15, 0.2) is 5.15 Å². The van der Waals surface area contributed by atoms with E-state index in [0.29, 0.717) is 11.2 Å². The molecular formula is C13H18ClN5. The zero-order valence-corrected chi connectivity index (χ0v) is 12.0. The highest BCUT2D eigenvalue weighted by Gasteiger charge is 2.19. The fourth-order valence-electron chi connectivity index (χ4n) is 2.72. The first-order valence-electron chi connectivity index (χ1n) is 6.60. The molecule has 2 aromatic heterocycles. The van der Waals surface area contributed by atoms with Crippen LogP contribution in [0.5, 0.6) is 0 Å². The number of halogens is 1. The van der Waals surface area contributed by atoms with Crippen molar-refractivity contribution in [3.63, 3.8) is 0 Å². The van der Waals surface area contributed by atoms with E-state index in [2.05, 4.69) is 27.5 Å². The zero-order valence-electron chi connectivity index (χ0n) is 11.2. The average Bonchev–Trinajstić information content (AvgIpc) is 2.76. The van der Waals surface area contributed by atoms with Crippen molar-refractivity contribution < 1.29 is 0 Å². The van der Waals surface area contributed by atoms with E-state index in [0.717, 1.165) is 30.0 Å². The van der Waals surface area contributed by atoms with E-state index in [1.54, 1.807) is 0 Å². The number of likely N-dealkylation sites (N-methyl/N-ethyl adjacent to an activating group) is 1. The Morgan fingerprint density at radius 2 is 2.26 bits per heavy atom. The normalized spacial score (nSPS) is 20.9. The Morgan fingerprint density at radius 1 is 1.42 bits per heavy atom. The second kappa shape index (κ2) is 4.98. The van der Waals surface area contributed by atoms with Crippen LogP contribution in [0, 0.1) is 6.92 Å². The number of rotatable bonds is 2. The Kier molecular flexibility index (Phi) is 3.33. The fourth-order valence-corrected chi connectivity index (χ4v) is 3.00. The molecule has 1 atom stereocenters. The molecule has 1 fully saturated rings. The molecule has 0 bridgehead atoms. The molecule has 0 aliphatic carbocycles. The van der Waals surface area contributed by atoms with Crippen LogP contribution in [0.25, 0.3) is 5.52 Å². The van der Waals surface area contributed by atoms with Crippen LogP contribution in [0.1, 0.15) is 18.4 Å². The first-order valence-corrected chi connectivity index (χ1v) is 6.98. The molecule has 0 aromatic carbocycles. The largest absolute Gasteiger partial charge is 0.350 e. The highest BCUT2D eigenvalue weighted by atomic mass is 35.5. The van der Waals surface area contributed by atoms with Crippen LogP contribution in [0.4, 0.5) is 5.95 Å². The van der Waals surface area contributed by atoms with Gasteiger partial charge in [0.25, 0.3) is 0 Å². The number of nitrogens with one attached hydrogen (secondary N) is 1. The van der Waals surface area contributed by atoms with Crippen LogP contribution >= 0.6 is 11.6 Å². The van der Waals surface area contributed by atoms with Crippen molar-refractivity contribution in [1.82, 2.24) is 19.5 Å². The lowest BCUT2D eigenvalue weighted by atomic mass is 10.1. The van der Waals surface area contributed by atoms with Gasteiger partial charge < -0.3 is 10.2 Å². The molecule has 0 saturated carbocycles. The van der Waals surface area contributed by atoms with E-state index in [1.807, 2.05) is 23.6 Å². The van der Waals surface area contributed by atoms with Gasteiger partial charge in [-0.25, -0.2) is 0 Å². The molecule has 5 nitrogen and oxygen atoms in total. The topological polar surface area (TPSA) is 45.5 Å². The maximum absolute atomic E-state index is 6.11. The number of aromatic nitrogens is 3. The number of anilines is 1. The van der Waals surface area contributed by atoms with Crippen molar-refractivity contribution in [2.45, 2.75) is 25.8 Å². The summed E-state index contributed by atoms with van der Waals surface area (Å²) in [6, 6.07) is 2.45. The standard InChI is InChI=1S/C13H18ClN5/c1-9-5-7-19-11(9)12(14)16-17-13(19)15-10-4-3-6-18(2)8-10/h5,7,10H,3-4,6,8H2,1-2H3,(H,15,17)/t10-/m1/s1. The van der Waals surface area contributed by atoms with Gasteiger partial charge in [-0.1, -0.05) is 11.6 Å². The molecule has 0 radical (unpaired) electrons. The summed E-state index contributed by atoms with van der Waals surface area (Å²) in [6.07, 6.45) is 4.36. The van der Waals surface area contributed by atoms with Gasteiger partial charge in [-0.05, 0) is 45.0 Å². The molecule has 1 N–H and O–H groups in total. The summed E-state index contributed by atoms with van der Waals surface area (Å²) in [5.41, 5.74) is 2.05. The van der Waals surface area contributed by atoms with Crippen molar-refractivity contribution in [2.24, 2.45) is 0 Å². The SMILES string of the molecule is Cc1ccn2c(N[C@@H]3CCCN(C)C3)nnc(Cl)c12. The molecule has 6 heteroatoms. The molecule has 1 aliphatic heterocycles. The van der Waals surface area contributed by atoms with E-state index in [9.17, 15) is 0 Å². The van der Waals surface area contributed by atoms with Crippen molar-refractivity contribution >= 4 is 23.1 Å². The Balaban J connectivity index is 1.91. The van der Waals surface area contributed by atoms with Gasteiger partial charge in [-0.15, -0.1) is 10.2 Å². The van der Waals surface area contributed by atoms with Crippen molar-refractivity contribution in [3.8, 4) is 0 Å². The van der Waals surface area contributed by atoms with Crippen molar-refractivity contribution in [2.75, 3.05) is 25.5 Å². The van der Waals surface area contributed by atoms with E-state index >= 15 is 0 Å². The molecule has 19 heavy (non-hydrogen) atoms. The Hall–Kier alpha value is -1.33. The summed E-state index contributed by atoms with van der Waals surface area (Å²) >= 11 is 6.11. The maximum Gasteiger partial charge on any atom is 0.228 e. The molecule has 102 valence electrons. The third-order valence-corrected chi connectivity index (χ3v) is 3.96. The summed E-state index contributed by atoms with van der Waals surface area (Å²) in [5.74, 6) is 0.771. The molecular weight excluding hydrogens is 262 g/mol. The monoisotopic (exact) mass is 279 g/mol. The summed E-state index contributed by atoms with van der Waals surface area (Å²) in [4.78, 5) is 2.34. The molecule has 0 amide bonds. The lowest BCUT2D eigenvalue weighted by Gasteiger charge is -2.30. The predicted molar refractivity (Wildman–Crippen MR) is 76.9 cm³/mol. The van der Waals surface area contributed by atoms with Gasteiger partial charge in [0.1, 0.15) is 0 Å². The van der Waals surface area contributed by atoms with Crippen LogP contribution in [-0.2, 0) is 0 Å². The van der Waals surface area contributed by atoms with E-state index in [4.69, 9.17) is 11.6 Å². The van der Waals surface area contributed by atoms with E-state index < -0.39 is 0 Å². The van der Waals surface area contributed by atoms with Gasteiger partial charge in [0.2, 0.25) is 5.95 Å². The van der Waals surface area contributed by atoms with Crippen LogP contribution in [-0.4, -0.2) is 45.7 Å². The number of hydrogen-bond acceptors (Lipinski definition) is 4. The Bertz CT molecular complexity index is 594. The van der Waals surface area contributed by atoms with Crippen molar-refractivity contribution in [3.05, 3.63) is 23.0 Å². The summed E-state index contributed by atoms with van der Waals surface area (Å²) in [5, 5.41) is 12.2. The lowest BCUT2D eigenvalue weighted by Crippen LogP contribution is -2.40. The van der Waals surface area contributed by atoms with Gasteiger partial charge >= 0.3 is 0 Å². The molecule has 1 saturated heterocycles. The molecule has 0 spiro atoms. The summed E-state index contributed by atoms with van der Waals surface area (Å²) in [6.45, 7) is 4.23. The Labute approximate surface area is 117 Å². The van der Waals surface area contributed by atoms with E-state index in [-0.39, 0.29) is 0 Å². The molecule has 3 heterocycles. The number of piperidine rings is 1. The fraction of sp³-hybridized carbons (Fsp3) is 0.538. The van der Waals surface area contributed by atoms with Gasteiger partial charge in [0.05, 0.1) is 5.52 Å². The first kappa shape index (κ1) is 12.7. The van der Waals surface area contributed by atoms with Crippen molar-refractivity contribution in [1.29, 1.82) is 0 Å². The third-order valence-electron chi connectivity index (χ3n) is 3.70. The second-order valence-electron chi connectivity index (χ2n) is 5.28. The quantitative estimate of drug-likeness (QED) is 0.915. The van der Waals surface area contributed by atoms with Gasteiger partial charge in [-0.3, -0.25) is 4.40 Å². The van der Waals surface area contributed by atoms with Gasteiger partial charge in [0, 0.05) is 18.8 Å². The van der Waals surface area contributed by atoms with Crippen LogP contribution in [0.15, 0.2) is 12.3 Å². The predicted octanol–water partition coefficient (Wildman–Crippen LogP) is 2.20. The van der Waals surface area contributed by atoms with Crippen LogP contribution in [0.2, 0.25) is 5.15 Å². The zero-order chi connectivity index (χ0) is 13.4. The van der Waals surface area contributed by atoms with Crippen LogP contribution < -0.4 is 5.32 Å². The highest BCUT2D eigenvalue weighted by Crippen LogP contribution is 2.23. The molecule has 2 aromatic rings. The number of aryl methyl sites for hydroxylation is 1. The number of nitrogens with zero attached hydrogens (tertiary/aromatic N) is 4. The van der Waals surface area contributed by atoms with Crippen LogP contribution in [0.3, 0.4) is 0 Å². The Morgan fingerprint density at radius 3 is 3.05 bits per heavy atom. The summed E-state index contributed by atoms with van der Waals surface area (Å²) in [7, 11) is 2.15. The first-order chi connectivity index (χ1) is 9.15. The maximum atomic E-state index is 6.11. The number of likely N-dealkylation sites (tertiary alicyclic amines) is 1. The minimum absolute atomic E-state index is 0.417. The smallest absolute Gasteiger partial charge is 0.228 e. The minimum Gasteiger partial charge on any atom is -0.350 e.